The maximum Gasteiger partial charge on any atom is 0.325 e. The molecule has 1 spiro atoms. The molecule has 2 heterocycles. The van der Waals surface area contributed by atoms with Crippen molar-refractivity contribution in [1.29, 1.82) is 0 Å². The van der Waals surface area contributed by atoms with Crippen molar-refractivity contribution in [2.75, 3.05) is 6.54 Å². The molecule has 2 aromatic rings. The molecule has 1 aromatic heterocycles. The monoisotopic (exact) mass is 418 g/mol. The largest absolute Gasteiger partial charge is 0.457 e. The fourth-order valence-electron chi connectivity index (χ4n) is 3.85. The summed E-state index contributed by atoms with van der Waals surface area (Å²) in [5.74, 6) is -0.679. The molecular weight excluding hydrogens is 400 g/mol. The maximum absolute atomic E-state index is 12.5. The topological polar surface area (TPSA) is 121 Å². The average molecular weight is 419 g/mol. The molecule has 9 nitrogen and oxygen atoms in total. The number of esters is 1. The van der Waals surface area contributed by atoms with Crippen LogP contribution in [-0.2, 0) is 20.9 Å². The smallest absolute Gasteiger partial charge is 0.325 e. The SMILES string of the molecule is O=C(CCN1C(=O)NC2(CCCC2)C1=O)OCc1nc2ccc(Cl)cc2c(=O)[nH]1. The molecule has 0 radical (unpaired) electrons. The highest BCUT2D eigenvalue weighted by atomic mass is 35.5. The molecule has 0 unspecified atom stereocenters. The quantitative estimate of drug-likeness (QED) is 0.564. The fraction of sp³-hybridized carbons (Fsp3) is 0.421. The van der Waals surface area contributed by atoms with Gasteiger partial charge in [0.05, 0.1) is 17.3 Å². The standard InChI is InChI=1S/C19H19ClN4O5/c20-11-3-4-13-12(9-11)16(26)22-14(21-13)10-29-15(25)5-8-24-17(27)19(23-18(24)28)6-1-2-7-19/h3-4,9H,1-2,5-8,10H2,(H,23,28)(H,21,22,26). The Hall–Kier alpha value is -2.94. The number of aromatic amines is 1. The van der Waals surface area contributed by atoms with Gasteiger partial charge in [-0.2, -0.15) is 0 Å². The molecule has 10 heteroatoms. The molecule has 2 aliphatic rings. The number of nitrogens with one attached hydrogen (secondary N) is 2. The van der Waals surface area contributed by atoms with Gasteiger partial charge in [0.1, 0.15) is 18.0 Å². The lowest BCUT2D eigenvalue weighted by Crippen LogP contribution is -2.44. The van der Waals surface area contributed by atoms with Crippen molar-refractivity contribution in [2.24, 2.45) is 0 Å². The van der Waals surface area contributed by atoms with Gasteiger partial charge in [-0.3, -0.25) is 19.3 Å². The molecule has 2 fully saturated rings. The molecule has 3 amide bonds. The molecule has 1 saturated heterocycles. The summed E-state index contributed by atoms with van der Waals surface area (Å²) in [6.07, 6.45) is 2.91. The molecule has 0 atom stereocenters. The van der Waals surface area contributed by atoms with Crippen LogP contribution < -0.4 is 10.9 Å². The lowest BCUT2D eigenvalue weighted by molar-refractivity contribution is -0.145. The molecule has 29 heavy (non-hydrogen) atoms. The minimum Gasteiger partial charge on any atom is -0.457 e. The number of hydrogen-bond acceptors (Lipinski definition) is 6. The molecule has 4 rings (SSSR count). The first-order valence-electron chi connectivity index (χ1n) is 9.36. The Balaban J connectivity index is 1.34. The number of halogens is 1. The van der Waals surface area contributed by atoms with Gasteiger partial charge in [0.25, 0.3) is 11.5 Å². The van der Waals surface area contributed by atoms with Crippen LogP contribution in [0.5, 0.6) is 0 Å². The van der Waals surface area contributed by atoms with E-state index < -0.39 is 17.5 Å². The number of nitrogens with zero attached hydrogens (tertiary/aromatic N) is 2. The summed E-state index contributed by atoms with van der Waals surface area (Å²) in [4.78, 5) is 56.7. The van der Waals surface area contributed by atoms with E-state index >= 15 is 0 Å². The Morgan fingerprint density at radius 1 is 1.24 bits per heavy atom. The third-order valence-electron chi connectivity index (χ3n) is 5.33. The van der Waals surface area contributed by atoms with E-state index in [9.17, 15) is 19.2 Å². The first-order chi connectivity index (χ1) is 13.9. The summed E-state index contributed by atoms with van der Waals surface area (Å²) in [7, 11) is 0. The molecule has 1 aliphatic carbocycles. The van der Waals surface area contributed by atoms with Crippen LogP contribution in [-0.4, -0.2) is 44.9 Å². The number of rotatable bonds is 5. The summed E-state index contributed by atoms with van der Waals surface area (Å²) in [6, 6.07) is 4.26. The molecule has 1 aromatic carbocycles. The zero-order valence-electron chi connectivity index (χ0n) is 15.5. The van der Waals surface area contributed by atoms with Gasteiger partial charge < -0.3 is 15.0 Å². The highest BCUT2D eigenvalue weighted by Crippen LogP contribution is 2.35. The number of H-pyrrole nitrogens is 1. The van der Waals surface area contributed by atoms with Crippen LogP contribution in [0, 0.1) is 0 Å². The summed E-state index contributed by atoms with van der Waals surface area (Å²) >= 11 is 5.88. The van der Waals surface area contributed by atoms with Gasteiger partial charge in [0, 0.05) is 11.6 Å². The van der Waals surface area contributed by atoms with Gasteiger partial charge in [0.2, 0.25) is 0 Å². The minimum atomic E-state index is -0.793. The van der Waals surface area contributed by atoms with Crippen molar-refractivity contribution in [2.45, 2.75) is 44.2 Å². The predicted octanol–water partition coefficient (Wildman–Crippen LogP) is 1.87. The second-order valence-electron chi connectivity index (χ2n) is 7.26. The van der Waals surface area contributed by atoms with E-state index in [4.69, 9.17) is 16.3 Å². The van der Waals surface area contributed by atoms with E-state index in [1.165, 1.54) is 6.07 Å². The number of carbonyl (C=O) groups excluding carboxylic acids is 3. The van der Waals surface area contributed by atoms with E-state index in [0.29, 0.717) is 28.8 Å². The van der Waals surface area contributed by atoms with Crippen LogP contribution in [0.1, 0.15) is 37.9 Å². The van der Waals surface area contributed by atoms with Crippen molar-refractivity contribution < 1.29 is 19.1 Å². The van der Waals surface area contributed by atoms with Crippen molar-refractivity contribution in [3.8, 4) is 0 Å². The minimum absolute atomic E-state index is 0.0502. The molecular formula is C19H19ClN4O5. The average Bonchev–Trinajstić information content (AvgIpc) is 3.24. The van der Waals surface area contributed by atoms with Crippen LogP contribution in [0.2, 0.25) is 5.02 Å². The van der Waals surface area contributed by atoms with Crippen molar-refractivity contribution in [3.05, 3.63) is 39.4 Å². The van der Waals surface area contributed by atoms with E-state index in [-0.39, 0.29) is 36.9 Å². The summed E-state index contributed by atoms with van der Waals surface area (Å²) in [5.41, 5.74) is -0.742. The fourth-order valence-corrected chi connectivity index (χ4v) is 4.02. The Labute approximate surface area is 170 Å². The first kappa shape index (κ1) is 19.4. The molecule has 1 saturated carbocycles. The number of urea groups is 1. The van der Waals surface area contributed by atoms with Crippen LogP contribution >= 0.6 is 11.6 Å². The van der Waals surface area contributed by atoms with Gasteiger partial charge >= 0.3 is 12.0 Å². The van der Waals surface area contributed by atoms with Gasteiger partial charge in [-0.1, -0.05) is 24.4 Å². The number of carbonyl (C=O) groups is 3. The number of amides is 3. The normalized spacial score (nSPS) is 17.9. The number of benzene rings is 1. The third kappa shape index (κ3) is 3.69. The predicted molar refractivity (Wildman–Crippen MR) is 103 cm³/mol. The van der Waals surface area contributed by atoms with Gasteiger partial charge in [-0.05, 0) is 31.0 Å². The first-order valence-corrected chi connectivity index (χ1v) is 9.74. The van der Waals surface area contributed by atoms with Gasteiger partial charge in [-0.15, -0.1) is 0 Å². The van der Waals surface area contributed by atoms with E-state index in [1.54, 1.807) is 12.1 Å². The third-order valence-corrected chi connectivity index (χ3v) is 5.56. The Kier molecular flexibility index (Phi) is 4.99. The Bertz CT molecular complexity index is 1060. The summed E-state index contributed by atoms with van der Waals surface area (Å²) < 4.78 is 5.14. The second-order valence-corrected chi connectivity index (χ2v) is 7.70. The van der Waals surface area contributed by atoms with Crippen molar-refractivity contribution >= 4 is 40.4 Å². The highest BCUT2D eigenvalue weighted by Gasteiger charge is 2.52. The summed E-state index contributed by atoms with van der Waals surface area (Å²) in [5, 5.41) is 3.52. The zero-order valence-corrected chi connectivity index (χ0v) is 16.3. The van der Waals surface area contributed by atoms with Gasteiger partial charge in [-0.25, -0.2) is 9.78 Å². The Morgan fingerprint density at radius 3 is 2.76 bits per heavy atom. The number of ether oxygens (including phenoxy) is 1. The van der Waals surface area contributed by atoms with E-state index in [1.807, 2.05) is 0 Å². The molecule has 0 bridgehead atoms. The van der Waals surface area contributed by atoms with Crippen molar-refractivity contribution in [1.82, 2.24) is 20.2 Å². The second kappa shape index (κ2) is 7.47. The molecule has 1 aliphatic heterocycles. The van der Waals surface area contributed by atoms with Gasteiger partial charge in [0.15, 0.2) is 0 Å². The maximum atomic E-state index is 12.5. The number of hydrogen-bond donors (Lipinski definition) is 2. The van der Waals surface area contributed by atoms with E-state index in [2.05, 4.69) is 15.3 Å². The number of fused-ring (bicyclic) bond motifs is 1. The van der Waals surface area contributed by atoms with Crippen molar-refractivity contribution in [3.63, 3.8) is 0 Å². The highest BCUT2D eigenvalue weighted by molar-refractivity contribution is 6.31. The van der Waals surface area contributed by atoms with Crippen LogP contribution in [0.25, 0.3) is 10.9 Å². The lowest BCUT2D eigenvalue weighted by Gasteiger charge is -2.19. The van der Waals surface area contributed by atoms with Crippen LogP contribution in [0.3, 0.4) is 0 Å². The number of aromatic nitrogens is 2. The van der Waals surface area contributed by atoms with Crippen LogP contribution in [0.15, 0.2) is 23.0 Å². The lowest BCUT2D eigenvalue weighted by atomic mass is 9.98. The molecule has 152 valence electrons. The zero-order chi connectivity index (χ0) is 20.6. The number of imide groups is 1. The van der Waals surface area contributed by atoms with Crippen LogP contribution in [0.4, 0.5) is 4.79 Å². The summed E-state index contributed by atoms with van der Waals surface area (Å²) in [6.45, 7) is -0.276. The molecule has 2 N–H and O–H groups in total. The van der Waals surface area contributed by atoms with E-state index in [0.717, 1.165) is 17.7 Å². The Morgan fingerprint density at radius 2 is 2.00 bits per heavy atom.